The summed E-state index contributed by atoms with van der Waals surface area (Å²) in [5.74, 6) is 2.39. The van der Waals surface area contributed by atoms with E-state index in [0.717, 1.165) is 18.8 Å². The highest BCUT2D eigenvalue weighted by atomic mass is 16.6. The van der Waals surface area contributed by atoms with Crippen molar-refractivity contribution in [2.24, 2.45) is 17.0 Å². The van der Waals surface area contributed by atoms with Crippen LogP contribution in [-0.4, -0.2) is 35.0 Å². The highest BCUT2D eigenvalue weighted by molar-refractivity contribution is 6.09. The van der Waals surface area contributed by atoms with E-state index < -0.39 is 5.54 Å². The molecule has 2 aliphatic carbocycles. The zero-order valence-corrected chi connectivity index (χ0v) is 16.3. The minimum Gasteiger partial charge on any atom is -0.388 e. The number of rotatable bonds is 5. The molecule has 0 unspecified atom stereocenters. The van der Waals surface area contributed by atoms with Crippen LogP contribution >= 0.6 is 0 Å². The van der Waals surface area contributed by atoms with Crippen molar-refractivity contribution in [3.63, 3.8) is 0 Å². The Hall–Kier alpha value is -1.26. The average Bonchev–Trinajstić information content (AvgIpc) is 2.94. The minimum atomic E-state index is -0.439. The van der Waals surface area contributed by atoms with Crippen molar-refractivity contribution in [1.29, 1.82) is 0 Å². The van der Waals surface area contributed by atoms with Gasteiger partial charge in [0.25, 0.3) is 5.91 Å². The highest BCUT2D eigenvalue weighted by Gasteiger charge is 2.52. The smallest absolute Gasteiger partial charge is 0.255 e. The van der Waals surface area contributed by atoms with Crippen LogP contribution in [0.25, 0.3) is 0 Å². The van der Waals surface area contributed by atoms with Gasteiger partial charge in [-0.25, -0.2) is 0 Å². The summed E-state index contributed by atoms with van der Waals surface area (Å²) in [4.78, 5) is 20.8. The fraction of sp³-hybridized carbons (Fsp3) is 0.905. The molecule has 5 heteroatoms. The van der Waals surface area contributed by atoms with Gasteiger partial charge >= 0.3 is 0 Å². The van der Waals surface area contributed by atoms with Gasteiger partial charge < -0.3 is 10.2 Å². The molecule has 3 fully saturated rings. The molecule has 0 aromatic heterocycles. The summed E-state index contributed by atoms with van der Waals surface area (Å²) < 4.78 is 0. The van der Waals surface area contributed by atoms with Gasteiger partial charge in [-0.15, -0.1) is 0 Å². The number of nitrogens with one attached hydrogen (secondary N) is 1. The van der Waals surface area contributed by atoms with E-state index in [9.17, 15) is 4.79 Å². The van der Waals surface area contributed by atoms with Crippen LogP contribution in [0.15, 0.2) is 5.16 Å². The second-order valence-corrected chi connectivity index (χ2v) is 9.20. The number of oxime groups is 1. The van der Waals surface area contributed by atoms with Crippen molar-refractivity contribution in [2.75, 3.05) is 6.54 Å². The van der Waals surface area contributed by atoms with E-state index in [4.69, 9.17) is 4.84 Å². The van der Waals surface area contributed by atoms with Crippen molar-refractivity contribution in [3.8, 4) is 0 Å². The molecule has 146 valence electrons. The van der Waals surface area contributed by atoms with Crippen LogP contribution in [0.2, 0.25) is 0 Å². The molecule has 0 spiro atoms. The highest BCUT2D eigenvalue weighted by Crippen LogP contribution is 2.39. The van der Waals surface area contributed by atoms with E-state index in [1.54, 1.807) is 0 Å². The average molecular weight is 362 g/mol. The van der Waals surface area contributed by atoms with Gasteiger partial charge in [0.15, 0.2) is 0 Å². The first-order valence-corrected chi connectivity index (χ1v) is 11.0. The van der Waals surface area contributed by atoms with Gasteiger partial charge in [0.2, 0.25) is 5.96 Å². The molecular weight excluding hydrogens is 326 g/mol. The molecule has 2 saturated carbocycles. The lowest BCUT2D eigenvalue weighted by Crippen LogP contribution is -2.49. The number of amides is 1. The monoisotopic (exact) mass is 361 g/mol. The van der Waals surface area contributed by atoms with Crippen LogP contribution in [0.3, 0.4) is 0 Å². The van der Waals surface area contributed by atoms with Crippen molar-refractivity contribution < 1.29 is 9.63 Å². The number of carbonyl (C=O) groups excluding carboxylic acids is 1. The van der Waals surface area contributed by atoms with Gasteiger partial charge in [0, 0.05) is 0 Å². The van der Waals surface area contributed by atoms with Crippen molar-refractivity contribution in [3.05, 3.63) is 0 Å². The molecule has 0 radical (unpaired) electrons. The molecule has 4 rings (SSSR count). The van der Waals surface area contributed by atoms with Crippen LogP contribution in [0.5, 0.6) is 0 Å². The van der Waals surface area contributed by atoms with Crippen LogP contribution < -0.4 is 5.32 Å². The Morgan fingerprint density at radius 3 is 2.42 bits per heavy atom. The standard InChI is InChI=1S/C21H35N3O2/c1-16-15-24-19(25)21(22-20(24)23-26-16,14-18-10-6-3-7-11-18)13-12-17-8-4-2-5-9-17/h16-18H,2-15H2,1H3,(H,22,23)/t16-,21-/m1/s1. The first kappa shape index (κ1) is 18.1. The van der Waals surface area contributed by atoms with Gasteiger partial charge in [-0.1, -0.05) is 64.2 Å². The predicted molar refractivity (Wildman–Crippen MR) is 103 cm³/mol. The molecule has 26 heavy (non-hydrogen) atoms. The fourth-order valence-corrected chi connectivity index (χ4v) is 5.58. The van der Waals surface area contributed by atoms with E-state index in [1.807, 2.05) is 11.8 Å². The summed E-state index contributed by atoms with van der Waals surface area (Å²) in [6.45, 7) is 2.61. The second kappa shape index (κ2) is 7.77. The molecule has 1 amide bonds. The molecule has 2 atom stereocenters. The molecule has 0 aromatic rings. The Morgan fingerprint density at radius 1 is 1.08 bits per heavy atom. The van der Waals surface area contributed by atoms with Gasteiger partial charge in [-0.05, 0) is 43.2 Å². The molecule has 5 nitrogen and oxygen atoms in total. The maximum atomic E-state index is 13.5. The molecule has 2 heterocycles. The van der Waals surface area contributed by atoms with Crippen molar-refractivity contribution in [2.45, 2.75) is 102 Å². The Bertz CT molecular complexity index is 537. The third-order valence-corrected chi connectivity index (χ3v) is 7.09. The number of nitrogens with zero attached hydrogens (tertiary/aromatic N) is 2. The Balaban J connectivity index is 1.50. The van der Waals surface area contributed by atoms with Gasteiger partial charge in [-0.3, -0.25) is 9.69 Å². The third-order valence-electron chi connectivity index (χ3n) is 7.09. The lowest BCUT2D eigenvalue weighted by atomic mass is 9.75. The number of hydrogen-bond acceptors (Lipinski definition) is 4. The Labute approximate surface area is 157 Å². The molecule has 1 N–H and O–H groups in total. The third kappa shape index (κ3) is 3.72. The van der Waals surface area contributed by atoms with E-state index in [1.165, 1.54) is 70.6 Å². The summed E-state index contributed by atoms with van der Waals surface area (Å²) in [6.07, 6.45) is 16.5. The number of guanidine groups is 1. The van der Waals surface area contributed by atoms with Crippen molar-refractivity contribution >= 4 is 11.9 Å². The Morgan fingerprint density at radius 2 is 1.73 bits per heavy atom. The number of carbonyl (C=O) groups is 1. The Kier molecular flexibility index (Phi) is 5.42. The maximum Gasteiger partial charge on any atom is 0.255 e. The molecule has 2 aliphatic heterocycles. The molecule has 0 aromatic carbocycles. The summed E-state index contributed by atoms with van der Waals surface area (Å²) in [6, 6.07) is 0. The van der Waals surface area contributed by atoms with E-state index in [-0.39, 0.29) is 12.0 Å². The molecule has 1 saturated heterocycles. The van der Waals surface area contributed by atoms with Crippen LogP contribution in [0.4, 0.5) is 0 Å². The zero-order chi connectivity index (χ0) is 18.0. The SMILES string of the molecule is C[C@@H]1CN2C(=O)[C@@](CCC3CCCCC3)(CC3CCCCC3)NC2=NO1. The number of hydrogen-bond donors (Lipinski definition) is 1. The topological polar surface area (TPSA) is 53.9 Å². The predicted octanol–water partition coefficient (Wildman–Crippen LogP) is 4.18. The normalized spacial score (nSPS) is 33.4. The summed E-state index contributed by atoms with van der Waals surface area (Å²) >= 11 is 0. The quantitative estimate of drug-likeness (QED) is 0.799. The van der Waals surface area contributed by atoms with E-state index in [0.29, 0.717) is 18.4 Å². The first-order chi connectivity index (χ1) is 12.7. The second-order valence-electron chi connectivity index (χ2n) is 9.20. The summed E-state index contributed by atoms with van der Waals surface area (Å²) in [7, 11) is 0. The molecule has 0 bridgehead atoms. The van der Waals surface area contributed by atoms with Crippen LogP contribution in [0, 0.1) is 11.8 Å². The lowest BCUT2D eigenvalue weighted by Gasteiger charge is -2.34. The summed E-state index contributed by atoms with van der Waals surface area (Å²) in [5, 5.41) is 7.78. The number of fused-ring (bicyclic) bond motifs is 1. The van der Waals surface area contributed by atoms with Gasteiger partial charge in [0.1, 0.15) is 11.6 Å². The van der Waals surface area contributed by atoms with Crippen LogP contribution in [0.1, 0.15) is 90.4 Å². The van der Waals surface area contributed by atoms with Crippen molar-refractivity contribution in [1.82, 2.24) is 10.2 Å². The molecular formula is C21H35N3O2. The fourth-order valence-electron chi connectivity index (χ4n) is 5.58. The van der Waals surface area contributed by atoms with E-state index >= 15 is 0 Å². The van der Waals surface area contributed by atoms with E-state index in [2.05, 4.69) is 10.5 Å². The zero-order valence-electron chi connectivity index (χ0n) is 16.3. The van der Waals surface area contributed by atoms with Gasteiger partial charge in [0.05, 0.1) is 6.54 Å². The minimum absolute atomic E-state index is 0.0201. The maximum absolute atomic E-state index is 13.5. The largest absolute Gasteiger partial charge is 0.388 e. The van der Waals surface area contributed by atoms with Gasteiger partial charge in [-0.2, -0.15) is 0 Å². The first-order valence-electron chi connectivity index (χ1n) is 11.0. The molecule has 4 aliphatic rings. The lowest BCUT2D eigenvalue weighted by molar-refractivity contribution is -0.134. The summed E-state index contributed by atoms with van der Waals surface area (Å²) in [5.41, 5.74) is -0.439. The van der Waals surface area contributed by atoms with Crippen LogP contribution in [-0.2, 0) is 9.63 Å².